The van der Waals surface area contributed by atoms with Crippen LogP contribution < -0.4 is 9.47 Å². The van der Waals surface area contributed by atoms with Gasteiger partial charge in [-0.25, -0.2) is 4.79 Å². The van der Waals surface area contributed by atoms with Gasteiger partial charge in [0.05, 0.1) is 20.3 Å². The summed E-state index contributed by atoms with van der Waals surface area (Å²) >= 11 is 0. The molecular weight excluding hydrogens is 278 g/mol. The van der Waals surface area contributed by atoms with Gasteiger partial charge in [-0.1, -0.05) is 0 Å². The monoisotopic (exact) mass is 295 g/mol. The van der Waals surface area contributed by atoms with E-state index in [4.69, 9.17) is 9.47 Å². The van der Waals surface area contributed by atoms with Crippen LogP contribution in [0.2, 0.25) is 0 Å². The third-order valence-corrected chi connectivity index (χ3v) is 2.99. The van der Waals surface area contributed by atoms with E-state index in [9.17, 15) is 9.59 Å². The Morgan fingerprint density at radius 3 is 2.67 bits per heavy atom. The fraction of sp³-hybridized carbons (Fsp3) is 0.538. The second-order valence-electron chi connectivity index (χ2n) is 4.41. The van der Waals surface area contributed by atoms with Gasteiger partial charge in [-0.15, -0.1) is 10.2 Å². The summed E-state index contributed by atoms with van der Waals surface area (Å²) in [6.45, 7) is 2.61. The van der Waals surface area contributed by atoms with Crippen molar-refractivity contribution >= 4 is 11.9 Å². The van der Waals surface area contributed by atoms with Gasteiger partial charge >= 0.3 is 11.9 Å². The van der Waals surface area contributed by atoms with E-state index in [2.05, 4.69) is 14.9 Å². The Balaban J connectivity index is 1.87. The van der Waals surface area contributed by atoms with Crippen LogP contribution >= 0.6 is 0 Å². The molecule has 1 aliphatic heterocycles. The number of rotatable bonds is 4. The first kappa shape index (κ1) is 15.0. The third kappa shape index (κ3) is 3.80. The van der Waals surface area contributed by atoms with E-state index in [1.807, 2.05) is 0 Å². The van der Waals surface area contributed by atoms with Crippen molar-refractivity contribution in [2.24, 2.45) is 0 Å². The van der Waals surface area contributed by atoms with Crippen molar-refractivity contribution in [1.29, 1.82) is 0 Å². The first-order valence-electron chi connectivity index (χ1n) is 6.64. The van der Waals surface area contributed by atoms with Gasteiger partial charge in [0.2, 0.25) is 11.8 Å². The number of ether oxygens (including phenoxy) is 3. The molecule has 1 amide bonds. The van der Waals surface area contributed by atoms with Crippen LogP contribution in [-0.2, 0) is 14.3 Å². The largest absolute Gasteiger partial charge is 0.480 e. The Bertz CT molecular complexity index is 505. The van der Waals surface area contributed by atoms with Crippen molar-refractivity contribution in [2.45, 2.75) is 19.4 Å². The summed E-state index contributed by atoms with van der Waals surface area (Å²) in [6.07, 6.45) is 0.407. The molecule has 0 bridgehead atoms. The molecule has 0 saturated carbocycles. The molecule has 8 nitrogen and oxygen atoms in total. The molecule has 21 heavy (non-hydrogen) atoms. The van der Waals surface area contributed by atoms with Gasteiger partial charge < -0.3 is 19.1 Å². The molecule has 0 radical (unpaired) electrons. The highest BCUT2D eigenvalue weighted by Gasteiger charge is 2.32. The third-order valence-electron chi connectivity index (χ3n) is 2.99. The number of aromatic nitrogens is 2. The van der Waals surface area contributed by atoms with Crippen LogP contribution in [0.3, 0.4) is 0 Å². The summed E-state index contributed by atoms with van der Waals surface area (Å²) in [6, 6.07) is 3.28. The van der Waals surface area contributed by atoms with E-state index in [-0.39, 0.29) is 12.7 Å². The van der Waals surface area contributed by atoms with Gasteiger partial charge in [0, 0.05) is 25.1 Å². The van der Waals surface area contributed by atoms with Crippen LogP contribution in [0, 0.1) is 0 Å². The van der Waals surface area contributed by atoms with Gasteiger partial charge in [-0.05, 0) is 6.92 Å². The van der Waals surface area contributed by atoms with Crippen LogP contribution in [0.25, 0.3) is 0 Å². The lowest BCUT2D eigenvalue weighted by molar-refractivity contribution is -0.159. The molecule has 0 aliphatic carbocycles. The Morgan fingerprint density at radius 1 is 1.33 bits per heavy atom. The molecule has 1 aromatic heterocycles. The number of methoxy groups -OCH3 is 1. The van der Waals surface area contributed by atoms with Crippen molar-refractivity contribution in [3.8, 4) is 11.8 Å². The minimum Gasteiger partial charge on any atom is -0.480 e. The zero-order chi connectivity index (χ0) is 15.2. The first-order valence-corrected chi connectivity index (χ1v) is 6.64. The second kappa shape index (κ2) is 6.87. The number of amides is 1. The van der Waals surface area contributed by atoms with E-state index in [0.29, 0.717) is 31.3 Å². The molecule has 0 N–H and O–H groups in total. The summed E-state index contributed by atoms with van der Waals surface area (Å²) < 4.78 is 15.2. The molecule has 2 rings (SSSR count). The highest BCUT2D eigenvalue weighted by molar-refractivity contribution is 6.32. The fourth-order valence-electron chi connectivity index (χ4n) is 1.98. The predicted octanol–water partition coefficient (Wildman–Crippen LogP) is 0.0280. The van der Waals surface area contributed by atoms with Gasteiger partial charge in [-0.2, -0.15) is 0 Å². The molecule has 1 atom stereocenters. The van der Waals surface area contributed by atoms with Crippen molar-refractivity contribution in [3.05, 3.63) is 12.1 Å². The van der Waals surface area contributed by atoms with E-state index >= 15 is 0 Å². The Kier molecular flexibility index (Phi) is 4.91. The maximum atomic E-state index is 11.8. The molecule has 114 valence electrons. The first-order chi connectivity index (χ1) is 10.1. The van der Waals surface area contributed by atoms with Gasteiger partial charge in [-0.3, -0.25) is 4.79 Å². The van der Waals surface area contributed by atoms with E-state index in [1.54, 1.807) is 19.1 Å². The number of hydrogen-bond acceptors (Lipinski definition) is 7. The highest BCUT2D eigenvalue weighted by atomic mass is 16.5. The summed E-state index contributed by atoms with van der Waals surface area (Å²) in [7, 11) is 1.50. The van der Waals surface area contributed by atoms with Crippen LogP contribution in [0.4, 0.5) is 0 Å². The van der Waals surface area contributed by atoms with Crippen LogP contribution in [0.5, 0.6) is 11.8 Å². The van der Waals surface area contributed by atoms with Crippen LogP contribution in [-0.4, -0.2) is 59.9 Å². The van der Waals surface area contributed by atoms with Crippen LogP contribution in [0.1, 0.15) is 13.3 Å². The summed E-state index contributed by atoms with van der Waals surface area (Å²) in [5.74, 6) is -0.717. The second-order valence-corrected chi connectivity index (χ2v) is 4.41. The van der Waals surface area contributed by atoms with Crippen molar-refractivity contribution in [2.75, 3.05) is 26.8 Å². The zero-order valence-corrected chi connectivity index (χ0v) is 11.9. The highest BCUT2D eigenvalue weighted by Crippen LogP contribution is 2.17. The average molecular weight is 295 g/mol. The Morgan fingerprint density at radius 2 is 2.05 bits per heavy atom. The van der Waals surface area contributed by atoms with Crippen molar-refractivity contribution < 1.29 is 23.8 Å². The minimum atomic E-state index is -0.831. The summed E-state index contributed by atoms with van der Waals surface area (Å²) in [5, 5.41) is 7.65. The number of likely N-dealkylation sites (tertiary alicyclic amines) is 1. The van der Waals surface area contributed by atoms with Crippen molar-refractivity contribution in [1.82, 2.24) is 15.1 Å². The van der Waals surface area contributed by atoms with E-state index in [0.717, 1.165) is 0 Å². The molecule has 8 heteroatoms. The van der Waals surface area contributed by atoms with Gasteiger partial charge in [0.25, 0.3) is 0 Å². The fourth-order valence-corrected chi connectivity index (χ4v) is 1.98. The normalized spacial score (nSPS) is 17.4. The van der Waals surface area contributed by atoms with Crippen LogP contribution in [0.15, 0.2) is 12.1 Å². The van der Waals surface area contributed by atoms with E-state index in [1.165, 1.54) is 12.0 Å². The molecule has 1 aliphatic rings. The van der Waals surface area contributed by atoms with Gasteiger partial charge in [0.1, 0.15) is 6.10 Å². The Labute approximate surface area is 122 Å². The zero-order valence-electron chi connectivity index (χ0n) is 11.9. The standard InChI is InChI=1S/C13H17N3O5/c1-3-20-13(18)12(17)16-7-6-9(8-16)21-11-5-4-10(19-2)14-15-11/h4-5,9H,3,6-8H2,1-2H3. The smallest absolute Gasteiger partial charge is 0.397 e. The minimum absolute atomic E-state index is 0.180. The number of carbonyl (C=O) groups excluding carboxylic acids is 2. The lowest BCUT2D eigenvalue weighted by Gasteiger charge is -2.15. The molecular formula is C13H17N3O5. The molecule has 1 unspecified atom stereocenters. The molecule has 2 heterocycles. The lowest BCUT2D eigenvalue weighted by Crippen LogP contribution is -2.37. The molecule has 1 fully saturated rings. The maximum absolute atomic E-state index is 11.8. The van der Waals surface area contributed by atoms with Crippen molar-refractivity contribution in [3.63, 3.8) is 0 Å². The Hall–Kier alpha value is -2.38. The number of esters is 1. The number of nitrogens with zero attached hydrogens (tertiary/aromatic N) is 3. The topological polar surface area (TPSA) is 90.9 Å². The predicted molar refractivity (Wildman–Crippen MR) is 70.8 cm³/mol. The average Bonchev–Trinajstić information content (AvgIpc) is 2.96. The number of hydrogen-bond donors (Lipinski definition) is 0. The number of carbonyl (C=O) groups is 2. The molecule has 1 saturated heterocycles. The summed E-state index contributed by atoms with van der Waals surface area (Å²) in [4.78, 5) is 24.6. The quantitative estimate of drug-likeness (QED) is 0.571. The maximum Gasteiger partial charge on any atom is 0.397 e. The lowest BCUT2D eigenvalue weighted by atomic mass is 10.3. The van der Waals surface area contributed by atoms with E-state index < -0.39 is 11.9 Å². The SMILES string of the molecule is CCOC(=O)C(=O)N1CCC(Oc2ccc(OC)nn2)C1. The molecule has 1 aromatic rings. The molecule has 0 spiro atoms. The summed E-state index contributed by atoms with van der Waals surface area (Å²) in [5.41, 5.74) is 0. The van der Waals surface area contributed by atoms with Gasteiger partial charge in [0.15, 0.2) is 0 Å². The molecule has 0 aromatic carbocycles.